The Morgan fingerprint density at radius 2 is 1.94 bits per heavy atom. The molecule has 1 unspecified atom stereocenters. The van der Waals surface area contributed by atoms with Crippen LogP contribution in [0.15, 0.2) is 24.3 Å². The predicted molar refractivity (Wildman–Crippen MR) is 73.6 cm³/mol. The van der Waals surface area contributed by atoms with Gasteiger partial charge in [-0.2, -0.15) is 0 Å². The minimum atomic E-state index is -0.421. The van der Waals surface area contributed by atoms with Gasteiger partial charge in [-0.05, 0) is 49.9 Å². The molecule has 18 heavy (non-hydrogen) atoms. The van der Waals surface area contributed by atoms with Gasteiger partial charge in [0.15, 0.2) is 0 Å². The Morgan fingerprint density at radius 3 is 2.61 bits per heavy atom. The Morgan fingerprint density at radius 1 is 1.28 bits per heavy atom. The molecular weight excluding hydrogens is 253 g/mol. The van der Waals surface area contributed by atoms with E-state index in [1.807, 2.05) is 6.07 Å². The number of benzene rings is 1. The zero-order valence-electron chi connectivity index (χ0n) is 10.4. The van der Waals surface area contributed by atoms with E-state index in [0.29, 0.717) is 17.9 Å². The molecule has 1 atom stereocenters. The van der Waals surface area contributed by atoms with Crippen LogP contribution in [0.5, 0.6) is 0 Å². The summed E-state index contributed by atoms with van der Waals surface area (Å²) in [6, 6.07) is 6.70. The summed E-state index contributed by atoms with van der Waals surface area (Å²) in [5.74, 6) is 0.370. The van der Waals surface area contributed by atoms with Gasteiger partial charge in [0.2, 0.25) is 0 Å². The average Bonchev–Trinajstić information content (AvgIpc) is 2.33. The summed E-state index contributed by atoms with van der Waals surface area (Å²) in [4.78, 5) is 0. The Balaban J connectivity index is 0.00000162. The number of halogens is 2. The van der Waals surface area contributed by atoms with E-state index in [0.717, 1.165) is 32.4 Å². The molecule has 0 aromatic heterocycles. The molecular formula is C14H21ClFNO. The van der Waals surface area contributed by atoms with Crippen molar-refractivity contribution in [2.75, 3.05) is 13.1 Å². The van der Waals surface area contributed by atoms with E-state index in [1.54, 1.807) is 12.1 Å². The third-order valence-electron chi connectivity index (χ3n) is 3.48. The fourth-order valence-corrected chi connectivity index (χ4v) is 2.50. The van der Waals surface area contributed by atoms with Crippen LogP contribution in [-0.4, -0.2) is 24.3 Å². The minimum absolute atomic E-state index is 0. The lowest BCUT2D eigenvalue weighted by atomic mass is 9.90. The lowest BCUT2D eigenvalue weighted by Crippen LogP contribution is -2.30. The summed E-state index contributed by atoms with van der Waals surface area (Å²) in [7, 11) is 0. The van der Waals surface area contributed by atoms with Crippen molar-refractivity contribution in [3.8, 4) is 0 Å². The van der Waals surface area contributed by atoms with E-state index in [4.69, 9.17) is 0 Å². The van der Waals surface area contributed by atoms with E-state index in [9.17, 15) is 9.50 Å². The van der Waals surface area contributed by atoms with Crippen molar-refractivity contribution in [3.05, 3.63) is 35.6 Å². The average molecular weight is 274 g/mol. The molecule has 2 rings (SSSR count). The van der Waals surface area contributed by atoms with Crippen molar-refractivity contribution < 1.29 is 9.50 Å². The van der Waals surface area contributed by atoms with E-state index in [2.05, 4.69) is 5.32 Å². The van der Waals surface area contributed by atoms with Crippen LogP contribution in [0.3, 0.4) is 0 Å². The first-order chi connectivity index (χ1) is 8.25. The molecule has 1 aliphatic rings. The second-order valence-corrected chi connectivity index (χ2v) is 4.88. The Hall–Kier alpha value is -0.640. The number of rotatable bonds is 4. The molecule has 0 radical (unpaired) electrons. The Labute approximate surface area is 114 Å². The van der Waals surface area contributed by atoms with Crippen molar-refractivity contribution in [1.29, 1.82) is 0 Å². The quantitative estimate of drug-likeness (QED) is 0.884. The fourth-order valence-electron chi connectivity index (χ4n) is 2.50. The second-order valence-electron chi connectivity index (χ2n) is 4.88. The normalized spacial score (nSPS) is 18.1. The highest BCUT2D eigenvalue weighted by atomic mass is 35.5. The van der Waals surface area contributed by atoms with Crippen molar-refractivity contribution >= 4 is 12.4 Å². The molecule has 1 aliphatic heterocycles. The number of nitrogens with one attached hydrogen (secondary N) is 1. The van der Waals surface area contributed by atoms with Crippen LogP contribution >= 0.6 is 12.4 Å². The lowest BCUT2D eigenvalue weighted by molar-refractivity contribution is 0.131. The molecule has 1 heterocycles. The van der Waals surface area contributed by atoms with Gasteiger partial charge in [0.1, 0.15) is 5.82 Å². The Bertz CT molecular complexity index is 355. The molecule has 0 spiro atoms. The van der Waals surface area contributed by atoms with Crippen LogP contribution < -0.4 is 5.32 Å². The first-order valence-corrected chi connectivity index (χ1v) is 6.38. The Kier molecular flexibility index (Phi) is 6.61. The van der Waals surface area contributed by atoms with E-state index in [-0.39, 0.29) is 18.2 Å². The van der Waals surface area contributed by atoms with Crippen molar-refractivity contribution in [2.45, 2.75) is 31.8 Å². The molecule has 1 aromatic rings. The maximum absolute atomic E-state index is 13.4. The molecule has 102 valence electrons. The highest BCUT2D eigenvalue weighted by molar-refractivity contribution is 5.85. The molecule has 4 heteroatoms. The standard InChI is InChI=1S/C14H20FNO.ClH/c15-14-4-2-1-3-12(14)10-13(17)9-11-5-7-16-8-6-11;/h1-4,11,13,16-17H,5-10H2;1H. The van der Waals surface area contributed by atoms with Crippen LogP contribution in [0.2, 0.25) is 0 Å². The third kappa shape index (κ3) is 4.56. The fraction of sp³-hybridized carbons (Fsp3) is 0.571. The van der Waals surface area contributed by atoms with Crippen LogP contribution in [-0.2, 0) is 6.42 Å². The van der Waals surface area contributed by atoms with Gasteiger partial charge >= 0.3 is 0 Å². The lowest BCUT2D eigenvalue weighted by Gasteiger charge is -2.24. The van der Waals surface area contributed by atoms with Crippen molar-refractivity contribution in [2.24, 2.45) is 5.92 Å². The molecule has 0 aliphatic carbocycles. The maximum Gasteiger partial charge on any atom is 0.126 e. The van der Waals surface area contributed by atoms with Crippen molar-refractivity contribution in [3.63, 3.8) is 0 Å². The molecule has 1 fully saturated rings. The topological polar surface area (TPSA) is 32.3 Å². The van der Waals surface area contributed by atoms with Crippen LogP contribution in [0, 0.1) is 11.7 Å². The molecule has 0 saturated carbocycles. The highest BCUT2D eigenvalue weighted by Gasteiger charge is 2.18. The molecule has 1 saturated heterocycles. The summed E-state index contributed by atoms with van der Waals surface area (Å²) in [5.41, 5.74) is 0.619. The number of hydrogen-bond acceptors (Lipinski definition) is 2. The van der Waals surface area contributed by atoms with Gasteiger partial charge in [0, 0.05) is 6.42 Å². The SMILES string of the molecule is Cl.OC(Cc1ccccc1F)CC1CCNCC1. The van der Waals surface area contributed by atoms with Gasteiger partial charge in [-0.25, -0.2) is 4.39 Å². The molecule has 2 N–H and O–H groups in total. The summed E-state index contributed by atoms with van der Waals surface area (Å²) >= 11 is 0. The number of piperidine rings is 1. The maximum atomic E-state index is 13.4. The van der Waals surface area contributed by atoms with Gasteiger partial charge in [0.25, 0.3) is 0 Å². The molecule has 0 amide bonds. The summed E-state index contributed by atoms with van der Waals surface area (Å²) in [6.45, 7) is 2.08. The van der Waals surface area contributed by atoms with Gasteiger partial charge < -0.3 is 10.4 Å². The van der Waals surface area contributed by atoms with Crippen LogP contribution in [0.25, 0.3) is 0 Å². The zero-order valence-corrected chi connectivity index (χ0v) is 11.3. The van der Waals surface area contributed by atoms with Gasteiger partial charge in [0.05, 0.1) is 6.10 Å². The van der Waals surface area contributed by atoms with Gasteiger partial charge in [-0.3, -0.25) is 0 Å². The second kappa shape index (κ2) is 7.72. The molecule has 1 aromatic carbocycles. The first kappa shape index (κ1) is 15.4. The largest absolute Gasteiger partial charge is 0.393 e. The minimum Gasteiger partial charge on any atom is -0.393 e. The van der Waals surface area contributed by atoms with Crippen LogP contribution in [0.4, 0.5) is 4.39 Å². The first-order valence-electron chi connectivity index (χ1n) is 6.38. The number of hydrogen-bond donors (Lipinski definition) is 2. The third-order valence-corrected chi connectivity index (χ3v) is 3.48. The van der Waals surface area contributed by atoms with Gasteiger partial charge in [-0.15, -0.1) is 12.4 Å². The zero-order chi connectivity index (χ0) is 12.1. The van der Waals surface area contributed by atoms with E-state index < -0.39 is 6.10 Å². The summed E-state index contributed by atoms with van der Waals surface area (Å²) < 4.78 is 13.4. The highest BCUT2D eigenvalue weighted by Crippen LogP contribution is 2.20. The monoisotopic (exact) mass is 273 g/mol. The van der Waals surface area contributed by atoms with Crippen molar-refractivity contribution in [1.82, 2.24) is 5.32 Å². The van der Waals surface area contributed by atoms with E-state index in [1.165, 1.54) is 6.07 Å². The van der Waals surface area contributed by atoms with E-state index >= 15 is 0 Å². The number of aliphatic hydroxyl groups is 1. The van der Waals surface area contributed by atoms with Gasteiger partial charge in [-0.1, -0.05) is 18.2 Å². The summed E-state index contributed by atoms with van der Waals surface area (Å²) in [5, 5.41) is 13.3. The predicted octanol–water partition coefficient (Wildman–Crippen LogP) is 2.54. The summed E-state index contributed by atoms with van der Waals surface area (Å²) in [6.07, 6.45) is 3.03. The van der Waals surface area contributed by atoms with Crippen LogP contribution in [0.1, 0.15) is 24.8 Å². The smallest absolute Gasteiger partial charge is 0.126 e. The molecule has 0 bridgehead atoms. The number of aliphatic hydroxyl groups excluding tert-OH is 1. The molecule has 2 nitrogen and oxygen atoms in total.